The average molecular weight is 368 g/mol. The normalized spacial score (nSPS) is 17.4. The molecule has 4 rings (SSSR count). The second kappa shape index (κ2) is 6.87. The summed E-state index contributed by atoms with van der Waals surface area (Å²) in [5.74, 6) is 1.18. The monoisotopic (exact) mass is 368 g/mol. The van der Waals surface area contributed by atoms with Crippen molar-refractivity contribution < 1.29 is 4.79 Å². The number of piperidine rings is 1. The molecule has 1 unspecified atom stereocenters. The number of amides is 1. The van der Waals surface area contributed by atoms with Gasteiger partial charge in [0.1, 0.15) is 5.82 Å². The molecule has 1 atom stereocenters. The van der Waals surface area contributed by atoms with Gasteiger partial charge in [0.15, 0.2) is 4.77 Å². The van der Waals surface area contributed by atoms with Gasteiger partial charge in [0, 0.05) is 49.7 Å². The minimum absolute atomic E-state index is 0.0590. The average Bonchev–Trinajstić information content (AvgIpc) is 3.33. The predicted molar refractivity (Wildman–Crippen MR) is 99.8 cm³/mol. The zero-order chi connectivity index (χ0) is 18.1. The Hall–Kier alpha value is -2.74. The molecule has 1 amide bonds. The maximum atomic E-state index is 12.9. The van der Waals surface area contributed by atoms with Gasteiger partial charge in [-0.2, -0.15) is 5.10 Å². The van der Waals surface area contributed by atoms with Crippen LogP contribution in [0, 0.1) is 4.77 Å². The van der Waals surface area contributed by atoms with Crippen molar-refractivity contribution in [3.05, 3.63) is 59.1 Å². The van der Waals surface area contributed by atoms with Gasteiger partial charge < -0.3 is 14.0 Å². The van der Waals surface area contributed by atoms with Crippen LogP contribution in [-0.2, 0) is 7.05 Å². The molecule has 26 heavy (non-hydrogen) atoms. The lowest BCUT2D eigenvalue weighted by Gasteiger charge is -2.32. The summed E-state index contributed by atoms with van der Waals surface area (Å²) in [4.78, 5) is 18.9. The number of nitrogens with one attached hydrogen (secondary N) is 1. The summed E-state index contributed by atoms with van der Waals surface area (Å²) >= 11 is 5.20. The van der Waals surface area contributed by atoms with E-state index in [1.807, 2.05) is 51.5 Å². The molecule has 1 fully saturated rings. The lowest BCUT2D eigenvalue weighted by atomic mass is 9.96. The smallest absolute Gasteiger partial charge is 0.253 e. The number of H-pyrrole nitrogens is 1. The van der Waals surface area contributed by atoms with Gasteiger partial charge in [0.25, 0.3) is 5.91 Å². The molecular weight excluding hydrogens is 348 g/mol. The van der Waals surface area contributed by atoms with Crippen molar-refractivity contribution in [2.75, 3.05) is 13.1 Å². The van der Waals surface area contributed by atoms with Gasteiger partial charge >= 0.3 is 0 Å². The topological polar surface area (TPSA) is 71.7 Å². The van der Waals surface area contributed by atoms with Gasteiger partial charge in [0.2, 0.25) is 0 Å². The van der Waals surface area contributed by atoms with Crippen LogP contribution >= 0.6 is 12.2 Å². The summed E-state index contributed by atoms with van der Waals surface area (Å²) in [5, 5.41) is 7.18. The van der Waals surface area contributed by atoms with Crippen LogP contribution in [0.2, 0.25) is 0 Å². The molecule has 1 saturated heterocycles. The summed E-state index contributed by atoms with van der Waals surface area (Å²) in [5.41, 5.74) is 1.68. The molecule has 1 aliphatic rings. The van der Waals surface area contributed by atoms with E-state index >= 15 is 0 Å². The molecule has 1 aromatic carbocycles. The molecular formula is C18H20N6OS. The Balaban J connectivity index is 1.50. The minimum Gasteiger partial charge on any atom is -0.338 e. The molecule has 0 saturated carbocycles. The molecule has 8 heteroatoms. The minimum atomic E-state index is 0.0590. The van der Waals surface area contributed by atoms with E-state index < -0.39 is 0 Å². The van der Waals surface area contributed by atoms with E-state index in [2.05, 4.69) is 15.2 Å². The van der Waals surface area contributed by atoms with Crippen LogP contribution in [0.3, 0.4) is 0 Å². The van der Waals surface area contributed by atoms with Crippen molar-refractivity contribution in [2.45, 2.75) is 18.8 Å². The highest BCUT2D eigenvalue weighted by atomic mass is 32.1. The van der Waals surface area contributed by atoms with Crippen LogP contribution in [0.5, 0.6) is 0 Å². The van der Waals surface area contributed by atoms with Crippen LogP contribution in [0.1, 0.15) is 34.9 Å². The molecule has 3 aromatic rings. The Morgan fingerprint density at radius 1 is 1.31 bits per heavy atom. The second-order valence-electron chi connectivity index (χ2n) is 6.55. The lowest BCUT2D eigenvalue weighted by Crippen LogP contribution is -2.39. The van der Waals surface area contributed by atoms with E-state index in [9.17, 15) is 4.79 Å². The predicted octanol–water partition coefficient (Wildman–Crippen LogP) is 2.68. The summed E-state index contributed by atoms with van der Waals surface area (Å²) < 4.78 is 4.42. The highest BCUT2D eigenvalue weighted by molar-refractivity contribution is 7.71. The Labute approximate surface area is 156 Å². The third-order valence-corrected chi connectivity index (χ3v) is 5.27. The molecule has 1 aliphatic heterocycles. The maximum Gasteiger partial charge on any atom is 0.253 e. The zero-order valence-corrected chi connectivity index (χ0v) is 15.3. The fourth-order valence-corrected chi connectivity index (χ4v) is 3.61. The van der Waals surface area contributed by atoms with Gasteiger partial charge in [-0.25, -0.2) is 4.98 Å². The first kappa shape index (κ1) is 16.7. The molecule has 0 radical (unpaired) electrons. The van der Waals surface area contributed by atoms with Gasteiger partial charge in [-0.1, -0.05) is 0 Å². The van der Waals surface area contributed by atoms with Crippen LogP contribution in [0.4, 0.5) is 0 Å². The first-order chi connectivity index (χ1) is 12.6. The van der Waals surface area contributed by atoms with E-state index in [0.717, 1.165) is 30.9 Å². The number of hydrogen-bond acceptors (Lipinski definition) is 4. The van der Waals surface area contributed by atoms with Gasteiger partial charge in [-0.3, -0.25) is 9.89 Å². The van der Waals surface area contributed by atoms with Gasteiger partial charge in [0.05, 0.1) is 6.33 Å². The number of aromatic amines is 1. The van der Waals surface area contributed by atoms with E-state index in [-0.39, 0.29) is 11.8 Å². The molecule has 2 aromatic heterocycles. The highest BCUT2D eigenvalue weighted by Crippen LogP contribution is 2.26. The number of rotatable bonds is 3. The molecule has 7 nitrogen and oxygen atoms in total. The standard InChI is InChI=1S/C18H20N6OS/c1-22-16(20-21-18(22)26)14-3-2-9-23(11-14)17(25)13-4-6-15(7-5-13)24-10-8-19-12-24/h4-8,10,12,14H,2-3,9,11H2,1H3,(H,21,26). The number of likely N-dealkylation sites (tertiary alicyclic amines) is 1. The second-order valence-corrected chi connectivity index (χ2v) is 6.94. The number of nitrogens with zero attached hydrogens (tertiary/aromatic N) is 5. The number of imidazole rings is 1. The molecule has 134 valence electrons. The van der Waals surface area contributed by atoms with Crippen LogP contribution < -0.4 is 0 Å². The third kappa shape index (κ3) is 3.08. The van der Waals surface area contributed by atoms with Gasteiger partial charge in [-0.05, 0) is 49.3 Å². The molecule has 0 bridgehead atoms. The van der Waals surface area contributed by atoms with Crippen molar-refractivity contribution >= 4 is 18.1 Å². The number of aromatic nitrogens is 5. The Morgan fingerprint density at radius 3 is 2.77 bits per heavy atom. The van der Waals surface area contributed by atoms with E-state index in [1.54, 1.807) is 12.5 Å². The van der Waals surface area contributed by atoms with Crippen molar-refractivity contribution in [2.24, 2.45) is 7.05 Å². The molecule has 3 heterocycles. The summed E-state index contributed by atoms with van der Waals surface area (Å²) in [7, 11) is 1.91. The van der Waals surface area contributed by atoms with Crippen molar-refractivity contribution in [3.8, 4) is 5.69 Å². The van der Waals surface area contributed by atoms with Crippen molar-refractivity contribution in [1.29, 1.82) is 0 Å². The van der Waals surface area contributed by atoms with E-state index in [0.29, 0.717) is 16.9 Å². The number of benzene rings is 1. The lowest BCUT2D eigenvalue weighted by molar-refractivity contribution is 0.0703. The van der Waals surface area contributed by atoms with Crippen molar-refractivity contribution in [1.82, 2.24) is 29.2 Å². The van der Waals surface area contributed by atoms with Crippen LogP contribution in [-0.4, -0.2) is 48.2 Å². The van der Waals surface area contributed by atoms with Crippen LogP contribution in [0.25, 0.3) is 5.69 Å². The summed E-state index contributed by atoms with van der Waals surface area (Å²) in [6.07, 6.45) is 7.32. The summed E-state index contributed by atoms with van der Waals surface area (Å²) in [6.45, 7) is 1.43. The fraction of sp³-hybridized carbons (Fsp3) is 0.333. The van der Waals surface area contributed by atoms with Gasteiger partial charge in [-0.15, -0.1) is 0 Å². The van der Waals surface area contributed by atoms with E-state index in [1.165, 1.54) is 0 Å². The number of hydrogen-bond donors (Lipinski definition) is 1. The Bertz CT molecular complexity index is 956. The molecule has 1 N–H and O–H groups in total. The third-order valence-electron chi connectivity index (χ3n) is 4.90. The van der Waals surface area contributed by atoms with Crippen LogP contribution in [0.15, 0.2) is 43.0 Å². The number of carbonyl (C=O) groups is 1. The Morgan fingerprint density at radius 2 is 2.12 bits per heavy atom. The quantitative estimate of drug-likeness (QED) is 0.722. The fourth-order valence-electron chi connectivity index (χ4n) is 3.47. The highest BCUT2D eigenvalue weighted by Gasteiger charge is 2.28. The first-order valence-corrected chi connectivity index (χ1v) is 9.03. The maximum absolute atomic E-state index is 12.9. The Kier molecular flexibility index (Phi) is 4.42. The SMILES string of the molecule is Cn1c(C2CCCN(C(=O)c3ccc(-n4ccnc4)cc3)C2)n[nH]c1=S. The largest absolute Gasteiger partial charge is 0.338 e. The first-order valence-electron chi connectivity index (χ1n) is 8.62. The number of carbonyl (C=O) groups excluding carboxylic acids is 1. The molecule has 0 aliphatic carbocycles. The van der Waals surface area contributed by atoms with Crippen molar-refractivity contribution in [3.63, 3.8) is 0 Å². The molecule has 0 spiro atoms. The summed E-state index contributed by atoms with van der Waals surface area (Å²) in [6, 6.07) is 7.62. The van der Waals surface area contributed by atoms with E-state index in [4.69, 9.17) is 12.2 Å². The zero-order valence-electron chi connectivity index (χ0n) is 14.5.